The second kappa shape index (κ2) is 4.26. The summed E-state index contributed by atoms with van der Waals surface area (Å²) in [6, 6.07) is 0. The van der Waals surface area contributed by atoms with Crippen LogP contribution in [0.4, 0.5) is 0 Å². The third-order valence-corrected chi connectivity index (χ3v) is 3.50. The van der Waals surface area contributed by atoms with Crippen LogP contribution in [0.5, 0.6) is 0 Å². The highest BCUT2D eigenvalue weighted by atomic mass is 28.3. The van der Waals surface area contributed by atoms with E-state index in [9.17, 15) is 4.79 Å². The first kappa shape index (κ1) is 11.2. The third-order valence-electron chi connectivity index (χ3n) is 1.48. The summed E-state index contributed by atoms with van der Waals surface area (Å²) in [5, 5.41) is 0.629. The van der Waals surface area contributed by atoms with Gasteiger partial charge < -0.3 is 4.74 Å². The number of hydrogen-bond donors (Lipinski definition) is 0. The Hall–Kier alpha value is -0.833. The van der Waals surface area contributed by atoms with E-state index in [4.69, 9.17) is 4.74 Å². The summed E-state index contributed by atoms with van der Waals surface area (Å²) in [6.45, 7) is 13.6. The Balaban J connectivity index is 4.12. The molecule has 68 valence electrons. The predicted octanol–water partition coefficient (Wildman–Crippen LogP) is 2.15. The van der Waals surface area contributed by atoms with Crippen LogP contribution in [0, 0.1) is 0 Å². The first-order chi connectivity index (χ1) is 5.39. The van der Waals surface area contributed by atoms with Crippen LogP contribution < -0.4 is 0 Å². The van der Waals surface area contributed by atoms with Crippen molar-refractivity contribution >= 4 is 14.0 Å². The minimum atomic E-state index is -1.58. The number of hydrogen-bond acceptors (Lipinski definition) is 2. The van der Waals surface area contributed by atoms with E-state index in [0.717, 1.165) is 0 Å². The Labute approximate surface area is 74.9 Å². The second-order valence-corrected chi connectivity index (χ2v) is 8.72. The van der Waals surface area contributed by atoms with E-state index in [1.54, 1.807) is 6.08 Å². The van der Waals surface area contributed by atoms with Gasteiger partial charge in [-0.25, -0.2) is 4.79 Å². The molecule has 0 aromatic heterocycles. The lowest BCUT2D eigenvalue weighted by Crippen LogP contribution is -2.29. The Morgan fingerprint density at radius 2 is 2.00 bits per heavy atom. The summed E-state index contributed by atoms with van der Waals surface area (Å²) in [4.78, 5) is 11.2. The molecule has 0 aromatic carbocycles. The summed E-state index contributed by atoms with van der Waals surface area (Å²) < 4.78 is 4.86. The number of esters is 1. The van der Waals surface area contributed by atoms with Crippen molar-refractivity contribution in [1.29, 1.82) is 0 Å². The highest BCUT2D eigenvalue weighted by molar-refractivity contribution is 6.86. The molecule has 0 atom stereocenters. The zero-order valence-electron chi connectivity index (χ0n) is 8.02. The second-order valence-electron chi connectivity index (χ2n) is 3.62. The van der Waals surface area contributed by atoms with E-state index < -0.39 is 8.07 Å². The van der Waals surface area contributed by atoms with Gasteiger partial charge in [0.2, 0.25) is 0 Å². The normalized spacial score (nSPS) is 10.6. The first-order valence-corrected chi connectivity index (χ1v) is 7.37. The zero-order valence-corrected chi connectivity index (χ0v) is 9.02. The molecule has 0 spiro atoms. The maximum Gasteiger partial charge on any atom is 0.329 e. The fourth-order valence-corrected chi connectivity index (χ4v) is 1.21. The monoisotopic (exact) mass is 184 g/mol. The zero-order chi connectivity index (χ0) is 9.78. The van der Waals surface area contributed by atoms with E-state index >= 15 is 0 Å². The van der Waals surface area contributed by atoms with Crippen molar-refractivity contribution in [2.24, 2.45) is 0 Å². The van der Waals surface area contributed by atoms with E-state index in [0.29, 0.717) is 5.20 Å². The first-order valence-electron chi connectivity index (χ1n) is 3.87. The molecule has 2 nitrogen and oxygen atoms in total. The molecule has 0 saturated heterocycles. The van der Waals surface area contributed by atoms with E-state index in [2.05, 4.69) is 32.8 Å². The molecule has 0 unspecified atom stereocenters. The number of ether oxygens (including phenoxy) is 1. The van der Waals surface area contributed by atoms with Crippen molar-refractivity contribution in [2.75, 3.05) is 6.61 Å². The van der Waals surface area contributed by atoms with E-state index in [1.807, 2.05) is 0 Å². The van der Waals surface area contributed by atoms with Crippen LogP contribution >= 0.6 is 0 Å². The van der Waals surface area contributed by atoms with Crippen LogP contribution in [-0.4, -0.2) is 20.7 Å². The molecule has 0 heterocycles. The maximum absolute atomic E-state index is 11.2. The topological polar surface area (TPSA) is 26.3 Å². The lowest BCUT2D eigenvalue weighted by atomic mass is 10.6. The molecule has 12 heavy (non-hydrogen) atoms. The standard InChI is InChI=1S/C9H16O2Si/c1-6-7-11-9(10)8(2)12(3,4)5/h6H,1-2,7H2,3-5H3. The molecule has 0 aliphatic rings. The van der Waals surface area contributed by atoms with Crippen molar-refractivity contribution in [3.63, 3.8) is 0 Å². The van der Waals surface area contributed by atoms with Gasteiger partial charge in [0.25, 0.3) is 0 Å². The SMILES string of the molecule is C=CCOC(=O)C(=C)[Si](C)(C)C. The summed E-state index contributed by atoms with van der Waals surface area (Å²) >= 11 is 0. The molecule has 0 aromatic rings. The quantitative estimate of drug-likeness (QED) is 0.290. The van der Waals surface area contributed by atoms with Crippen molar-refractivity contribution in [2.45, 2.75) is 19.6 Å². The van der Waals surface area contributed by atoms with Gasteiger partial charge in [0.1, 0.15) is 6.61 Å². The van der Waals surface area contributed by atoms with Crippen LogP contribution in [-0.2, 0) is 9.53 Å². The third kappa shape index (κ3) is 3.53. The minimum Gasteiger partial charge on any atom is -0.458 e. The fraction of sp³-hybridized carbons (Fsp3) is 0.444. The van der Waals surface area contributed by atoms with Gasteiger partial charge in [0.05, 0.1) is 8.07 Å². The van der Waals surface area contributed by atoms with Crippen molar-refractivity contribution in [1.82, 2.24) is 0 Å². The van der Waals surface area contributed by atoms with Gasteiger partial charge in [0.15, 0.2) is 0 Å². The van der Waals surface area contributed by atoms with Gasteiger partial charge in [-0.05, 0) is 0 Å². The van der Waals surface area contributed by atoms with Crippen molar-refractivity contribution in [3.8, 4) is 0 Å². The highest BCUT2D eigenvalue weighted by Gasteiger charge is 2.24. The Morgan fingerprint density at radius 3 is 2.33 bits per heavy atom. The molecular formula is C9H16O2Si. The van der Waals surface area contributed by atoms with Crippen LogP contribution in [0.3, 0.4) is 0 Å². The summed E-state index contributed by atoms with van der Waals surface area (Å²) in [5.41, 5.74) is 0. The Morgan fingerprint density at radius 1 is 1.50 bits per heavy atom. The lowest BCUT2D eigenvalue weighted by Gasteiger charge is -2.17. The van der Waals surface area contributed by atoms with Gasteiger partial charge in [-0.1, -0.05) is 38.9 Å². The number of rotatable bonds is 4. The molecule has 0 fully saturated rings. The summed E-state index contributed by atoms with van der Waals surface area (Å²) in [5.74, 6) is -0.283. The molecule has 0 bridgehead atoms. The average molecular weight is 184 g/mol. The predicted molar refractivity (Wildman–Crippen MR) is 53.6 cm³/mol. The van der Waals surface area contributed by atoms with Crippen molar-refractivity contribution < 1.29 is 9.53 Å². The number of carbonyl (C=O) groups is 1. The minimum absolute atomic E-state index is 0.266. The fourth-order valence-electron chi connectivity index (χ4n) is 0.528. The van der Waals surface area contributed by atoms with Crippen LogP contribution in [0.2, 0.25) is 19.6 Å². The van der Waals surface area contributed by atoms with Gasteiger partial charge in [0, 0.05) is 5.20 Å². The van der Waals surface area contributed by atoms with Gasteiger partial charge in [-0.15, -0.1) is 0 Å². The molecule has 0 N–H and O–H groups in total. The lowest BCUT2D eigenvalue weighted by molar-refractivity contribution is -0.137. The van der Waals surface area contributed by atoms with E-state index in [1.165, 1.54) is 0 Å². The summed E-state index contributed by atoms with van der Waals surface area (Å²) in [7, 11) is -1.58. The molecule has 0 aliphatic heterocycles. The summed E-state index contributed by atoms with van der Waals surface area (Å²) in [6.07, 6.45) is 1.55. The molecule has 0 saturated carbocycles. The van der Waals surface area contributed by atoms with Gasteiger partial charge in [-0.3, -0.25) is 0 Å². The van der Waals surface area contributed by atoms with Crippen LogP contribution in [0.25, 0.3) is 0 Å². The van der Waals surface area contributed by atoms with Gasteiger partial charge in [-0.2, -0.15) is 0 Å². The Bertz CT molecular complexity index is 201. The highest BCUT2D eigenvalue weighted by Crippen LogP contribution is 2.13. The molecule has 0 rings (SSSR count). The van der Waals surface area contributed by atoms with Crippen molar-refractivity contribution in [3.05, 3.63) is 24.4 Å². The molecule has 0 aliphatic carbocycles. The molecule has 0 radical (unpaired) electrons. The maximum atomic E-state index is 11.2. The molecule has 0 amide bonds. The molecular weight excluding hydrogens is 168 g/mol. The number of carbonyl (C=O) groups excluding carboxylic acids is 1. The Kier molecular flexibility index (Phi) is 3.96. The van der Waals surface area contributed by atoms with Crippen LogP contribution in [0.1, 0.15) is 0 Å². The smallest absolute Gasteiger partial charge is 0.329 e. The van der Waals surface area contributed by atoms with Crippen LogP contribution in [0.15, 0.2) is 24.4 Å². The van der Waals surface area contributed by atoms with E-state index in [-0.39, 0.29) is 12.6 Å². The largest absolute Gasteiger partial charge is 0.458 e. The molecule has 3 heteroatoms. The van der Waals surface area contributed by atoms with Gasteiger partial charge >= 0.3 is 5.97 Å². The average Bonchev–Trinajstić information content (AvgIpc) is 1.97.